The van der Waals surface area contributed by atoms with Gasteiger partial charge in [-0.2, -0.15) is 0 Å². The number of anilines is 1. The van der Waals surface area contributed by atoms with Gasteiger partial charge in [-0.05, 0) is 12.8 Å². The number of aromatic nitrogens is 2. The summed E-state index contributed by atoms with van der Waals surface area (Å²) >= 11 is 0. The van der Waals surface area contributed by atoms with Crippen molar-refractivity contribution in [3.63, 3.8) is 0 Å². The molecule has 0 radical (unpaired) electrons. The second-order valence-corrected chi connectivity index (χ2v) is 2.79. The third-order valence-corrected chi connectivity index (χ3v) is 1.99. The summed E-state index contributed by atoms with van der Waals surface area (Å²) in [5.74, 6) is 0.296. The van der Waals surface area contributed by atoms with Crippen LogP contribution in [0.3, 0.4) is 0 Å². The van der Waals surface area contributed by atoms with E-state index in [1.807, 2.05) is 0 Å². The van der Waals surface area contributed by atoms with Crippen molar-refractivity contribution in [1.82, 2.24) is 9.97 Å². The first-order valence-electron chi connectivity index (χ1n) is 5.34. The monoisotopic (exact) mass is 168 g/mol. The fourth-order valence-corrected chi connectivity index (χ4v) is 1.40. The van der Waals surface area contributed by atoms with Crippen LogP contribution in [-0.4, -0.2) is 23.5 Å². The molecule has 1 aliphatic heterocycles. The minimum atomic E-state index is -2.23. The molecule has 0 amide bonds. The maximum Gasteiger partial charge on any atom is 0.256 e. The van der Waals surface area contributed by atoms with E-state index in [2.05, 4.69) is 9.97 Å². The topological polar surface area (TPSA) is 49.0 Å². The smallest absolute Gasteiger partial charge is 0.256 e. The summed E-state index contributed by atoms with van der Waals surface area (Å²) in [6, 6.07) is 0. The van der Waals surface area contributed by atoms with Crippen molar-refractivity contribution in [2.45, 2.75) is 12.8 Å². The number of hydrogen-bond acceptors (Lipinski definition) is 3. The highest BCUT2D eigenvalue weighted by Gasteiger charge is 2.16. The van der Waals surface area contributed by atoms with Crippen molar-refractivity contribution in [2.24, 2.45) is 0 Å². The van der Waals surface area contributed by atoms with Crippen LogP contribution in [0.1, 0.15) is 16.1 Å². The molecule has 1 aromatic heterocycles. The molecule has 4 nitrogen and oxygen atoms in total. The van der Waals surface area contributed by atoms with E-state index < -0.39 is 6.98 Å². The molecule has 0 atom stereocenters. The standard InChI is InChI=1S/C8H11N3O/c1-11-4-2-3-6-7(11)9-5-10-8(6)12/h5H,2-4H2,1H3,(H,9,10,12)/i1D3. The Bertz CT molecular complexity index is 426. The molecule has 1 N–H and O–H groups in total. The number of fused-ring (bicyclic) bond motifs is 1. The highest BCUT2D eigenvalue weighted by atomic mass is 16.1. The zero-order valence-electron chi connectivity index (χ0n) is 9.50. The zero-order valence-corrected chi connectivity index (χ0v) is 6.50. The molecule has 0 unspecified atom stereocenters. The van der Waals surface area contributed by atoms with Crippen LogP contribution in [-0.2, 0) is 6.42 Å². The zero-order chi connectivity index (χ0) is 11.1. The van der Waals surface area contributed by atoms with Gasteiger partial charge in [-0.3, -0.25) is 4.79 Å². The summed E-state index contributed by atoms with van der Waals surface area (Å²) in [7, 11) is 0. The maximum absolute atomic E-state index is 11.4. The molecule has 0 fully saturated rings. The number of H-pyrrole nitrogens is 1. The molecule has 0 bridgehead atoms. The molecule has 0 aromatic carbocycles. The predicted octanol–water partition coefficient (Wildman–Crippen LogP) is 0.152. The van der Waals surface area contributed by atoms with Gasteiger partial charge in [0.2, 0.25) is 0 Å². The van der Waals surface area contributed by atoms with E-state index >= 15 is 0 Å². The highest BCUT2D eigenvalue weighted by molar-refractivity contribution is 5.46. The fourth-order valence-electron chi connectivity index (χ4n) is 1.40. The lowest BCUT2D eigenvalue weighted by Gasteiger charge is -2.24. The molecule has 2 heterocycles. The van der Waals surface area contributed by atoms with Gasteiger partial charge in [0.05, 0.1) is 11.9 Å². The van der Waals surface area contributed by atoms with Crippen molar-refractivity contribution in [1.29, 1.82) is 0 Å². The van der Waals surface area contributed by atoms with Crippen LogP contribution in [0.15, 0.2) is 11.1 Å². The van der Waals surface area contributed by atoms with Crippen molar-refractivity contribution in [3.8, 4) is 0 Å². The average Bonchev–Trinajstić information content (AvgIpc) is 2.16. The first-order chi connectivity index (χ1) is 7.00. The van der Waals surface area contributed by atoms with E-state index in [4.69, 9.17) is 4.11 Å². The van der Waals surface area contributed by atoms with Crippen molar-refractivity contribution >= 4 is 5.82 Å². The number of nitrogens with one attached hydrogen (secondary N) is 1. The van der Waals surface area contributed by atoms with Crippen LogP contribution in [0, 0.1) is 0 Å². The van der Waals surface area contributed by atoms with E-state index in [0.717, 1.165) is 0 Å². The number of aromatic amines is 1. The average molecular weight is 168 g/mol. The summed E-state index contributed by atoms with van der Waals surface area (Å²) in [6.07, 6.45) is 2.50. The van der Waals surface area contributed by atoms with Gasteiger partial charge in [0.25, 0.3) is 5.56 Å². The SMILES string of the molecule is [2H]C([2H])([2H])N1CCCc2c1nc[nH]c2=O. The molecule has 1 aliphatic rings. The Morgan fingerprint density at radius 3 is 3.58 bits per heavy atom. The predicted molar refractivity (Wildman–Crippen MR) is 46.4 cm³/mol. The Morgan fingerprint density at radius 1 is 1.83 bits per heavy atom. The third-order valence-electron chi connectivity index (χ3n) is 1.99. The van der Waals surface area contributed by atoms with Crippen LogP contribution < -0.4 is 10.5 Å². The molecule has 1 aromatic rings. The molecule has 0 saturated heterocycles. The Balaban J connectivity index is 2.52. The summed E-state index contributed by atoms with van der Waals surface area (Å²) in [6.45, 7) is -1.81. The minimum Gasteiger partial charge on any atom is -0.359 e. The van der Waals surface area contributed by atoms with Gasteiger partial charge in [-0.1, -0.05) is 0 Å². The van der Waals surface area contributed by atoms with Crippen LogP contribution in [0.5, 0.6) is 0 Å². The molecule has 4 heteroatoms. The lowest BCUT2D eigenvalue weighted by atomic mass is 10.1. The van der Waals surface area contributed by atoms with Crippen molar-refractivity contribution in [3.05, 3.63) is 22.2 Å². The van der Waals surface area contributed by atoms with E-state index in [-0.39, 0.29) is 5.56 Å². The van der Waals surface area contributed by atoms with Gasteiger partial charge in [0.1, 0.15) is 5.82 Å². The van der Waals surface area contributed by atoms with Gasteiger partial charge in [0.15, 0.2) is 0 Å². The summed E-state index contributed by atoms with van der Waals surface area (Å²) in [4.78, 5) is 19.0. The molecule has 2 rings (SSSR count). The quantitative estimate of drug-likeness (QED) is 0.600. The third kappa shape index (κ3) is 0.995. The van der Waals surface area contributed by atoms with Crippen LogP contribution in [0.2, 0.25) is 0 Å². The summed E-state index contributed by atoms with van der Waals surface area (Å²) in [5, 5.41) is 0. The van der Waals surface area contributed by atoms with E-state index in [0.29, 0.717) is 30.8 Å². The van der Waals surface area contributed by atoms with E-state index in [1.165, 1.54) is 11.2 Å². The first-order valence-corrected chi connectivity index (χ1v) is 3.84. The largest absolute Gasteiger partial charge is 0.359 e. The molecule has 0 aliphatic carbocycles. The summed E-state index contributed by atoms with van der Waals surface area (Å²) < 4.78 is 22.0. The number of hydrogen-bond donors (Lipinski definition) is 1. The fraction of sp³-hybridized carbons (Fsp3) is 0.500. The molecule has 12 heavy (non-hydrogen) atoms. The van der Waals surface area contributed by atoms with Gasteiger partial charge in [0, 0.05) is 17.6 Å². The number of rotatable bonds is 0. The molecule has 64 valence electrons. The molecular formula is C8H11N3O. The molecular weight excluding hydrogens is 154 g/mol. The minimum absolute atomic E-state index is 0.242. The molecule has 0 spiro atoms. The van der Waals surface area contributed by atoms with Crippen LogP contribution in [0.4, 0.5) is 5.82 Å². The maximum atomic E-state index is 11.4. The van der Waals surface area contributed by atoms with Gasteiger partial charge in [-0.25, -0.2) is 4.98 Å². The lowest BCUT2D eigenvalue weighted by molar-refractivity contribution is 0.717. The van der Waals surface area contributed by atoms with Crippen LogP contribution >= 0.6 is 0 Å². The lowest BCUT2D eigenvalue weighted by Crippen LogP contribution is -2.30. The first kappa shape index (κ1) is 4.64. The van der Waals surface area contributed by atoms with Crippen LogP contribution in [0.25, 0.3) is 0 Å². The Hall–Kier alpha value is -1.32. The number of nitrogens with zero attached hydrogens (tertiary/aromatic N) is 2. The normalized spacial score (nSPS) is 20.7. The van der Waals surface area contributed by atoms with E-state index in [1.54, 1.807) is 0 Å². The molecule has 0 saturated carbocycles. The Kier molecular flexibility index (Phi) is 1.01. The van der Waals surface area contributed by atoms with Gasteiger partial charge in [-0.15, -0.1) is 0 Å². The highest BCUT2D eigenvalue weighted by Crippen LogP contribution is 2.18. The Labute approximate surface area is 74.5 Å². The van der Waals surface area contributed by atoms with Gasteiger partial charge >= 0.3 is 0 Å². The Morgan fingerprint density at radius 2 is 2.75 bits per heavy atom. The summed E-state index contributed by atoms with van der Waals surface area (Å²) in [5.41, 5.74) is 0.230. The van der Waals surface area contributed by atoms with E-state index in [9.17, 15) is 4.79 Å². The second-order valence-electron chi connectivity index (χ2n) is 2.79. The van der Waals surface area contributed by atoms with Crippen molar-refractivity contribution < 1.29 is 4.11 Å². The van der Waals surface area contributed by atoms with Crippen molar-refractivity contribution in [2.75, 3.05) is 18.4 Å². The van der Waals surface area contributed by atoms with Gasteiger partial charge < -0.3 is 9.88 Å². The second kappa shape index (κ2) is 2.62.